The minimum atomic E-state index is -0.319. The molecule has 6 nitrogen and oxygen atoms in total. The van der Waals surface area contributed by atoms with Gasteiger partial charge in [0.2, 0.25) is 0 Å². The number of likely N-dealkylation sites (tertiary alicyclic amines) is 1. The zero-order chi connectivity index (χ0) is 21.1. The molecule has 4 rings (SSSR count). The molecule has 2 aromatic rings. The van der Waals surface area contributed by atoms with Crippen molar-refractivity contribution < 1.29 is 19.0 Å². The first-order valence-electron chi connectivity index (χ1n) is 10.5. The number of amides is 1. The molecule has 0 aromatic heterocycles. The molecular weight excluding hydrogens is 380 g/mol. The van der Waals surface area contributed by atoms with Crippen LogP contribution < -0.4 is 14.4 Å². The van der Waals surface area contributed by atoms with Crippen LogP contribution >= 0.6 is 0 Å². The van der Waals surface area contributed by atoms with Crippen molar-refractivity contribution in [2.45, 2.75) is 25.5 Å². The van der Waals surface area contributed by atoms with E-state index in [4.69, 9.17) is 14.2 Å². The Morgan fingerprint density at radius 1 is 1.00 bits per heavy atom. The average molecular weight is 411 g/mol. The highest BCUT2D eigenvalue weighted by Crippen LogP contribution is 2.40. The second kappa shape index (κ2) is 8.96. The number of ether oxygens (including phenoxy) is 3. The van der Waals surface area contributed by atoms with E-state index in [9.17, 15) is 4.79 Å². The molecule has 1 aliphatic heterocycles. The maximum absolute atomic E-state index is 12.9. The van der Waals surface area contributed by atoms with Crippen molar-refractivity contribution in [1.29, 1.82) is 0 Å². The topological polar surface area (TPSA) is 51.2 Å². The Bertz CT molecular complexity index is 859. The molecule has 6 heteroatoms. The summed E-state index contributed by atoms with van der Waals surface area (Å²) in [5.41, 5.74) is 2.05. The number of methoxy groups -OCH3 is 2. The monoisotopic (exact) mass is 410 g/mol. The zero-order valence-electron chi connectivity index (χ0n) is 17.9. The number of hydrogen-bond donors (Lipinski definition) is 0. The molecule has 30 heavy (non-hydrogen) atoms. The minimum absolute atomic E-state index is 0.00730. The standard InChI is InChI=1S/C24H30N2O4/c1-25(20-11-12-21(28-2)22(13-20)29-3)24(27)30-23-18-9-10-19(23)16-26(15-18)14-17-7-5-4-6-8-17/h4-8,11-13,18-19,23H,9-10,14-16H2,1-3H3. The van der Waals surface area contributed by atoms with Crippen LogP contribution in [0.2, 0.25) is 0 Å². The van der Waals surface area contributed by atoms with Crippen LogP contribution in [0.15, 0.2) is 48.5 Å². The Balaban J connectivity index is 1.38. The molecule has 2 fully saturated rings. The fourth-order valence-electron chi connectivity index (χ4n) is 4.77. The van der Waals surface area contributed by atoms with Gasteiger partial charge in [0, 0.05) is 44.6 Å². The average Bonchev–Trinajstić information content (AvgIpc) is 3.00. The number of anilines is 1. The second-order valence-electron chi connectivity index (χ2n) is 8.22. The van der Waals surface area contributed by atoms with Gasteiger partial charge in [0.1, 0.15) is 6.10 Å². The molecule has 1 saturated carbocycles. The summed E-state index contributed by atoms with van der Waals surface area (Å²) in [4.78, 5) is 16.9. The van der Waals surface area contributed by atoms with Gasteiger partial charge in [-0.1, -0.05) is 30.3 Å². The third-order valence-corrected chi connectivity index (χ3v) is 6.34. The van der Waals surface area contributed by atoms with E-state index in [0.29, 0.717) is 29.0 Å². The number of carbonyl (C=O) groups excluding carboxylic acids is 1. The van der Waals surface area contributed by atoms with Crippen LogP contribution in [-0.4, -0.2) is 51.5 Å². The molecule has 1 amide bonds. The molecule has 2 atom stereocenters. The van der Waals surface area contributed by atoms with Crippen LogP contribution in [0.1, 0.15) is 18.4 Å². The lowest BCUT2D eigenvalue weighted by Gasteiger charge is -2.38. The van der Waals surface area contributed by atoms with Gasteiger partial charge in [-0.05, 0) is 30.5 Å². The van der Waals surface area contributed by atoms with Crippen LogP contribution in [0.25, 0.3) is 0 Å². The van der Waals surface area contributed by atoms with E-state index in [1.54, 1.807) is 33.4 Å². The molecule has 2 aliphatic rings. The molecule has 160 valence electrons. The minimum Gasteiger partial charge on any atom is -0.493 e. The van der Waals surface area contributed by atoms with Gasteiger partial charge in [0.25, 0.3) is 0 Å². The lowest BCUT2D eigenvalue weighted by Crippen LogP contribution is -2.47. The third kappa shape index (κ3) is 4.24. The molecule has 0 N–H and O–H groups in total. The SMILES string of the molecule is COc1ccc(N(C)C(=O)OC2C3CCC2CN(Cc2ccccc2)C3)cc1OC. The summed E-state index contributed by atoms with van der Waals surface area (Å²) in [5, 5.41) is 0. The normalized spacial score (nSPS) is 23.1. The lowest BCUT2D eigenvalue weighted by molar-refractivity contribution is 0.000489. The van der Waals surface area contributed by atoms with Gasteiger partial charge in [-0.25, -0.2) is 4.79 Å². The Morgan fingerprint density at radius 2 is 1.67 bits per heavy atom. The Hall–Kier alpha value is -2.73. The van der Waals surface area contributed by atoms with Gasteiger partial charge in [-0.3, -0.25) is 9.80 Å². The molecule has 2 aromatic carbocycles. The lowest BCUT2D eigenvalue weighted by atomic mass is 9.94. The van der Waals surface area contributed by atoms with E-state index >= 15 is 0 Å². The highest BCUT2D eigenvalue weighted by atomic mass is 16.6. The first-order valence-corrected chi connectivity index (χ1v) is 10.5. The second-order valence-corrected chi connectivity index (χ2v) is 8.22. The van der Waals surface area contributed by atoms with Crippen LogP contribution in [0.4, 0.5) is 10.5 Å². The Morgan fingerprint density at radius 3 is 2.30 bits per heavy atom. The van der Waals surface area contributed by atoms with Gasteiger partial charge in [-0.15, -0.1) is 0 Å². The van der Waals surface area contributed by atoms with Gasteiger partial charge < -0.3 is 14.2 Å². The van der Waals surface area contributed by atoms with Crippen molar-refractivity contribution in [3.05, 3.63) is 54.1 Å². The molecule has 1 saturated heterocycles. The van der Waals surface area contributed by atoms with Gasteiger partial charge in [0.05, 0.1) is 19.9 Å². The number of benzene rings is 2. The van der Waals surface area contributed by atoms with Crippen molar-refractivity contribution in [3.8, 4) is 11.5 Å². The summed E-state index contributed by atoms with van der Waals surface area (Å²) < 4.78 is 16.6. The molecule has 0 radical (unpaired) electrons. The molecular formula is C24H30N2O4. The molecule has 1 aliphatic carbocycles. The van der Waals surface area contributed by atoms with Crippen molar-refractivity contribution >= 4 is 11.8 Å². The summed E-state index contributed by atoms with van der Waals surface area (Å²) in [6.45, 7) is 2.91. The summed E-state index contributed by atoms with van der Waals surface area (Å²) >= 11 is 0. The van der Waals surface area contributed by atoms with E-state index in [0.717, 1.165) is 32.5 Å². The van der Waals surface area contributed by atoms with Crippen LogP contribution in [0, 0.1) is 11.8 Å². The van der Waals surface area contributed by atoms with Gasteiger partial charge in [0.15, 0.2) is 11.5 Å². The molecule has 2 unspecified atom stereocenters. The maximum atomic E-state index is 12.9. The number of carbonyl (C=O) groups is 1. The summed E-state index contributed by atoms with van der Waals surface area (Å²) in [5.74, 6) is 2.02. The summed E-state index contributed by atoms with van der Waals surface area (Å²) in [7, 11) is 4.91. The maximum Gasteiger partial charge on any atom is 0.414 e. The van der Waals surface area contributed by atoms with E-state index in [2.05, 4.69) is 29.2 Å². The quantitative estimate of drug-likeness (QED) is 0.715. The van der Waals surface area contributed by atoms with Gasteiger partial charge in [-0.2, -0.15) is 0 Å². The highest BCUT2D eigenvalue weighted by molar-refractivity contribution is 5.87. The molecule has 2 bridgehead atoms. The predicted molar refractivity (Wildman–Crippen MR) is 116 cm³/mol. The van der Waals surface area contributed by atoms with Crippen molar-refractivity contribution in [2.24, 2.45) is 11.8 Å². The van der Waals surface area contributed by atoms with E-state index in [-0.39, 0.29) is 12.2 Å². The van der Waals surface area contributed by atoms with E-state index in [1.807, 2.05) is 12.1 Å². The number of hydrogen-bond acceptors (Lipinski definition) is 5. The number of rotatable bonds is 6. The first-order chi connectivity index (χ1) is 14.6. The predicted octanol–water partition coefficient (Wildman–Crippen LogP) is 4.19. The number of fused-ring (bicyclic) bond motifs is 2. The van der Waals surface area contributed by atoms with Gasteiger partial charge >= 0.3 is 6.09 Å². The molecule has 1 heterocycles. The summed E-state index contributed by atoms with van der Waals surface area (Å²) in [6, 6.07) is 16.0. The van der Waals surface area contributed by atoms with Crippen molar-refractivity contribution in [1.82, 2.24) is 4.90 Å². The number of piperidine rings is 1. The Kier molecular flexibility index (Phi) is 6.13. The van der Waals surface area contributed by atoms with Crippen molar-refractivity contribution in [3.63, 3.8) is 0 Å². The zero-order valence-corrected chi connectivity index (χ0v) is 17.9. The first kappa shape index (κ1) is 20.5. The van der Waals surface area contributed by atoms with Crippen LogP contribution in [-0.2, 0) is 11.3 Å². The number of nitrogens with zero attached hydrogens (tertiary/aromatic N) is 2. The fraction of sp³-hybridized carbons (Fsp3) is 0.458. The summed E-state index contributed by atoms with van der Waals surface area (Å²) in [6.07, 6.45) is 1.91. The fourth-order valence-corrected chi connectivity index (χ4v) is 4.77. The highest BCUT2D eigenvalue weighted by Gasteiger charge is 2.44. The molecule has 0 spiro atoms. The van der Waals surface area contributed by atoms with E-state index in [1.165, 1.54) is 10.5 Å². The third-order valence-electron chi connectivity index (χ3n) is 6.34. The Labute approximate surface area is 178 Å². The van der Waals surface area contributed by atoms with Crippen LogP contribution in [0.3, 0.4) is 0 Å². The van der Waals surface area contributed by atoms with E-state index < -0.39 is 0 Å². The van der Waals surface area contributed by atoms with Crippen molar-refractivity contribution in [2.75, 3.05) is 39.3 Å². The smallest absolute Gasteiger partial charge is 0.414 e. The van der Waals surface area contributed by atoms with Crippen LogP contribution in [0.5, 0.6) is 11.5 Å². The largest absolute Gasteiger partial charge is 0.493 e.